The highest BCUT2D eigenvalue weighted by Gasteiger charge is 2.63. The molecule has 4 saturated carbocycles. The second-order valence-corrected chi connectivity index (χ2v) is 14.7. The van der Waals surface area contributed by atoms with E-state index in [2.05, 4.69) is 60.6 Å². The van der Waals surface area contributed by atoms with Gasteiger partial charge in [-0.3, -0.25) is 4.79 Å². The van der Waals surface area contributed by atoms with Crippen molar-refractivity contribution in [1.82, 2.24) is 4.90 Å². The van der Waals surface area contributed by atoms with Crippen LogP contribution in [-0.2, 0) is 11.3 Å². The molecule has 1 N–H and O–H groups in total. The molecular formula is C33H51NO2. The van der Waals surface area contributed by atoms with Crippen LogP contribution in [0.2, 0.25) is 0 Å². The lowest BCUT2D eigenvalue weighted by Crippen LogP contribution is -2.33. The topological polar surface area (TPSA) is 40.5 Å². The van der Waals surface area contributed by atoms with Gasteiger partial charge in [-0.05, 0) is 107 Å². The summed E-state index contributed by atoms with van der Waals surface area (Å²) in [7, 11) is 0. The molecular weight excluding hydrogens is 442 g/mol. The van der Waals surface area contributed by atoms with Crippen LogP contribution in [0.1, 0.15) is 135 Å². The number of benzene rings is 1. The number of hydrogen-bond acceptors (Lipinski definition) is 2. The Morgan fingerprint density at radius 1 is 0.917 bits per heavy atom. The molecule has 4 fully saturated rings. The van der Waals surface area contributed by atoms with Crippen molar-refractivity contribution in [1.29, 1.82) is 0 Å². The summed E-state index contributed by atoms with van der Waals surface area (Å²) in [5.74, 6) is 3.00. The highest BCUT2D eigenvalue weighted by molar-refractivity contribution is 5.73. The summed E-state index contributed by atoms with van der Waals surface area (Å²) in [6, 6.07) is 4.60. The highest BCUT2D eigenvalue weighted by atomic mass is 16.3. The molecule has 4 aliphatic carbocycles. The van der Waals surface area contributed by atoms with E-state index < -0.39 is 0 Å². The summed E-state index contributed by atoms with van der Waals surface area (Å²) in [5.41, 5.74) is 4.61. The number of phenolic OH excluding ortho intramolecular Hbond substituents is 1. The van der Waals surface area contributed by atoms with E-state index in [9.17, 15) is 9.90 Å². The molecule has 3 nitrogen and oxygen atoms in total. The van der Waals surface area contributed by atoms with Crippen LogP contribution >= 0.6 is 0 Å². The number of rotatable bonds is 7. The van der Waals surface area contributed by atoms with Gasteiger partial charge in [0.25, 0.3) is 0 Å². The Morgan fingerprint density at radius 2 is 1.39 bits per heavy atom. The van der Waals surface area contributed by atoms with Gasteiger partial charge in [-0.2, -0.15) is 0 Å². The minimum Gasteiger partial charge on any atom is -0.507 e. The molecule has 0 aliphatic heterocycles. The third-order valence-electron chi connectivity index (χ3n) is 13.2. The van der Waals surface area contributed by atoms with E-state index in [4.69, 9.17) is 0 Å². The maximum Gasteiger partial charge on any atom is 0.219 e. The molecule has 0 aromatic heterocycles. The van der Waals surface area contributed by atoms with Gasteiger partial charge in [0.1, 0.15) is 5.75 Å². The number of carbonyl (C=O) groups excluding carboxylic acids is 1. The molecule has 6 atom stereocenters. The quantitative estimate of drug-likeness (QED) is 0.414. The van der Waals surface area contributed by atoms with Crippen molar-refractivity contribution in [2.24, 2.45) is 33.5 Å². The Balaban J connectivity index is 1.60. The molecule has 1 amide bonds. The van der Waals surface area contributed by atoms with E-state index in [1.54, 1.807) is 6.92 Å². The summed E-state index contributed by atoms with van der Waals surface area (Å²) in [4.78, 5) is 14.6. The maximum absolute atomic E-state index is 12.6. The lowest BCUT2D eigenvalue weighted by atomic mass is 9.63. The zero-order valence-corrected chi connectivity index (χ0v) is 24.3. The van der Waals surface area contributed by atoms with Crippen molar-refractivity contribution in [3.05, 3.63) is 28.8 Å². The minimum atomic E-state index is 0.153. The predicted molar refractivity (Wildman–Crippen MR) is 148 cm³/mol. The van der Waals surface area contributed by atoms with E-state index in [1.165, 1.54) is 55.2 Å². The van der Waals surface area contributed by atoms with Gasteiger partial charge in [0.15, 0.2) is 0 Å². The first kappa shape index (κ1) is 26.1. The van der Waals surface area contributed by atoms with Gasteiger partial charge in [-0.25, -0.2) is 0 Å². The first-order chi connectivity index (χ1) is 16.8. The second kappa shape index (κ2) is 8.50. The normalized spacial score (nSPS) is 37.6. The largest absolute Gasteiger partial charge is 0.507 e. The first-order valence-electron chi connectivity index (χ1n) is 14.9. The van der Waals surface area contributed by atoms with E-state index in [-0.39, 0.29) is 16.7 Å². The number of phenols is 1. The highest BCUT2D eigenvalue weighted by Crippen LogP contribution is 2.74. The van der Waals surface area contributed by atoms with Gasteiger partial charge in [-0.1, -0.05) is 67.0 Å². The zero-order chi connectivity index (χ0) is 26.3. The van der Waals surface area contributed by atoms with E-state index >= 15 is 0 Å². The van der Waals surface area contributed by atoms with Gasteiger partial charge in [0.2, 0.25) is 5.91 Å². The number of carbonyl (C=O) groups is 1. The zero-order valence-electron chi connectivity index (χ0n) is 24.3. The fourth-order valence-electron chi connectivity index (χ4n) is 9.63. The van der Waals surface area contributed by atoms with Crippen LogP contribution in [0.5, 0.6) is 5.75 Å². The fraction of sp³-hybridized carbons (Fsp3) is 0.788. The van der Waals surface area contributed by atoms with Crippen molar-refractivity contribution in [3.8, 4) is 5.75 Å². The smallest absolute Gasteiger partial charge is 0.219 e. The number of unbranched alkanes of at least 4 members (excludes halogenated alkanes) is 1. The van der Waals surface area contributed by atoms with Gasteiger partial charge < -0.3 is 10.0 Å². The van der Waals surface area contributed by atoms with Crippen molar-refractivity contribution in [2.75, 3.05) is 6.54 Å². The molecule has 0 radical (unpaired) electrons. The lowest BCUT2D eigenvalue weighted by molar-refractivity contribution is -0.129. The van der Waals surface area contributed by atoms with Gasteiger partial charge in [0.05, 0.1) is 0 Å². The number of amides is 1. The van der Waals surface area contributed by atoms with Crippen LogP contribution in [0.25, 0.3) is 0 Å². The van der Waals surface area contributed by atoms with Crippen LogP contribution in [0.3, 0.4) is 0 Å². The maximum atomic E-state index is 12.6. The Morgan fingerprint density at radius 3 is 1.72 bits per heavy atom. The SMILES string of the molecule is CCCCN(Cc1cc(C2CC3CCC2(C)C3(C)C)c(O)c(C2CC3CCC2(C)C3(C)C)c1)C(C)=O. The van der Waals surface area contributed by atoms with Crippen molar-refractivity contribution >= 4 is 5.91 Å². The minimum absolute atomic E-state index is 0.153. The average Bonchev–Trinajstić information content (AvgIpc) is 3.34. The fourth-order valence-corrected chi connectivity index (χ4v) is 9.63. The molecule has 36 heavy (non-hydrogen) atoms. The molecule has 5 rings (SSSR count). The van der Waals surface area contributed by atoms with Crippen LogP contribution < -0.4 is 0 Å². The second-order valence-electron chi connectivity index (χ2n) is 14.7. The predicted octanol–water partition coefficient (Wildman–Crippen LogP) is 8.40. The monoisotopic (exact) mass is 493 g/mol. The Bertz CT molecular complexity index is 975. The first-order valence-corrected chi connectivity index (χ1v) is 14.9. The van der Waals surface area contributed by atoms with Crippen LogP contribution in [0.4, 0.5) is 0 Å². The summed E-state index contributed by atoms with van der Waals surface area (Å²) in [6.45, 7) is 20.2. The number of fused-ring (bicyclic) bond motifs is 4. The Hall–Kier alpha value is -1.51. The molecule has 4 aliphatic rings. The molecule has 6 unspecified atom stereocenters. The Labute approximate surface area is 220 Å². The summed E-state index contributed by atoms with van der Waals surface area (Å²) in [5, 5.41) is 12.1. The number of nitrogens with zero attached hydrogens (tertiary/aromatic N) is 1. The number of hydrogen-bond donors (Lipinski definition) is 1. The van der Waals surface area contributed by atoms with E-state index in [1.807, 2.05) is 4.90 Å². The van der Waals surface area contributed by atoms with Crippen LogP contribution in [0.15, 0.2) is 12.1 Å². The van der Waals surface area contributed by atoms with Crippen LogP contribution in [0, 0.1) is 33.5 Å². The molecule has 3 heteroatoms. The average molecular weight is 494 g/mol. The molecule has 200 valence electrons. The third kappa shape index (κ3) is 3.46. The molecule has 1 aromatic rings. The molecule has 1 aromatic carbocycles. The summed E-state index contributed by atoms with van der Waals surface area (Å²) < 4.78 is 0. The van der Waals surface area contributed by atoms with Crippen LogP contribution in [-0.4, -0.2) is 22.5 Å². The van der Waals surface area contributed by atoms with Gasteiger partial charge >= 0.3 is 0 Å². The molecule has 0 saturated heterocycles. The standard InChI is InChI=1S/C33H51NO2/c1-9-10-15-34(21(2)35)20-22-16-25(27-18-23-11-13-32(27,7)30(23,3)4)29(36)26(17-22)28-19-24-12-14-33(28,8)31(24,5)6/h16-17,23-24,27-28,36H,9-15,18-20H2,1-8H3. The van der Waals surface area contributed by atoms with Gasteiger partial charge in [0, 0.05) is 20.0 Å². The van der Waals surface area contributed by atoms with E-state index in [0.717, 1.165) is 31.2 Å². The van der Waals surface area contributed by atoms with Crippen molar-refractivity contribution < 1.29 is 9.90 Å². The van der Waals surface area contributed by atoms with Crippen molar-refractivity contribution in [2.45, 2.75) is 125 Å². The lowest BCUT2D eigenvalue weighted by Gasteiger charge is -2.42. The van der Waals surface area contributed by atoms with E-state index in [0.29, 0.717) is 35.0 Å². The van der Waals surface area contributed by atoms with Gasteiger partial charge in [-0.15, -0.1) is 0 Å². The molecule has 4 bridgehead atoms. The van der Waals surface area contributed by atoms with Crippen molar-refractivity contribution in [3.63, 3.8) is 0 Å². The number of aromatic hydroxyl groups is 1. The Kier molecular flexibility index (Phi) is 6.17. The summed E-state index contributed by atoms with van der Waals surface area (Å²) in [6.07, 6.45) is 9.62. The summed E-state index contributed by atoms with van der Waals surface area (Å²) >= 11 is 0. The molecule has 0 spiro atoms. The third-order valence-corrected chi connectivity index (χ3v) is 13.2. The molecule has 0 heterocycles.